The van der Waals surface area contributed by atoms with Gasteiger partial charge < -0.3 is 11.1 Å². The van der Waals surface area contributed by atoms with Gasteiger partial charge >= 0.3 is 5.69 Å². The lowest BCUT2D eigenvalue weighted by molar-refractivity contribution is -0.384. The van der Waals surface area contributed by atoms with E-state index >= 15 is 0 Å². The maximum Gasteiger partial charge on any atom is 0.328 e. The topological polar surface area (TPSA) is 118 Å². The highest BCUT2D eigenvalue weighted by Crippen LogP contribution is 2.26. The predicted octanol–water partition coefficient (Wildman–Crippen LogP) is 1.40. The molecule has 96 valence electrons. The molecule has 1 aromatic rings. The monoisotopic (exact) mass is 249 g/mol. The highest BCUT2D eigenvalue weighted by atomic mass is 16.6. The van der Waals surface area contributed by atoms with Gasteiger partial charge in [-0.15, -0.1) is 0 Å². The van der Waals surface area contributed by atoms with Crippen LogP contribution in [0.3, 0.4) is 0 Å². The SMILES string of the molecule is CCCC(CN)Nc1nccc(C#N)c1[N+](=O)[O-]. The Bertz CT molecular complexity index is 469. The van der Waals surface area contributed by atoms with Gasteiger partial charge in [0.15, 0.2) is 0 Å². The smallest absolute Gasteiger partial charge is 0.328 e. The first-order valence-corrected chi connectivity index (χ1v) is 5.64. The molecule has 7 heteroatoms. The number of rotatable bonds is 6. The van der Waals surface area contributed by atoms with Crippen LogP contribution >= 0.6 is 0 Å². The van der Waals surface area contributed by atoms with Gasteiger partial charge in [0.25, 0.3) is 0 Å². The Morgan fingerprint density at radius 3 is 2.94 bits per heavy atom. The molecular formula is C11H15N5O2. The van der Waals surface area contributed by atoms with E-state index in [0.29, 0.717) is 6.54 Å². The van der Waals surface area contributed by atoms with E-state index in [1.807, 2.05) is 6.92 Å². The van der Waals surface area contributed by atoms with Crippen molar-refractivity contribution in [2.75, 3.05) is 11.9 Å². The molecular weight excluding hydrogens is 234 g/mol. The van der Waals surface area contributed by atoms with Crippen LogP contribution in [0, 0.1) is 21.4 Å². The third kappa shape index (κ3) is 3.15. The van der Waals surface area contributed by atoms with Crippen LogP contribution in [0.2, 0.25) is 0 Å². The summed E-state index contributed by atoms with van der Waals surface area (Å²) in [5, 5.41) is 22.7. The van der Waals surface area contributed by atoms with Crippen LogP contribution in [0.1, 0.15) is 25.3 Å². The van der Waals surface area contributed by atoms with E-state index in [2.05, 4.69) is 10.3 Å². The summed E-state index contributed by atoms with van der Waals surface area (Å²) in [5.41, 5.74) is 5.27. The summed E-state index contributed by atoms with van der Waals surface area (Å²) in [5.74, 6) is 0.1000. The van der Waals surface area contributed by atoms with Crippen LogP contribution in [0.25, 0.3) is 0 Å². The minimum absolute atomic E-state index is 0.00947. The number of pyridine rings is 1. The minimum atomic E-state index is -0.604. The van der Waals surface area contributed by atoms with E-state index in [9.17, 15) is 10.1 Å². The van der Waals surface area contributed by atoms with Crippen molar-refractivity contribution < 1.29 is 4.92 Å². The fourth-order valence-electron chi connectivity index (χ4n) is 1.63. The molecule has 0 bridgehead atoms. The predicted molar refractivity (Wildman–Crippen MR) is 67.0 cm³/mol. The lowest BCUT2D eigenvalue weighted by Gasteiger charge is -2.16. The second kappa shape index (κ2) is 6.51. The van der Waals surface area contributed by atoms with Crippen molar-refractivity contribution in [3.63, 3.8) is 0 Å². The van der Waals surface area contributed by atoms with Gasteiger partial charge in [-0.25, -0.2) is 4.98 Å². The zero-order chi connectivity index (χ0) is 13.5. The molecule has 0 amide bonds. The first-order valence-electron chi connectivity index (χ1n) is 5.64. The molecule has 7 nitrogen and oxygen atoms in total. The average molecular weight is 249 g/mol. The molecule has 0 aliphatic heterocycles. The van der Waals surface area contributed by atoms with Crippen molar-refractivity contribution in [2.24, 2.45) is 5.73 Å². The molecule has 1 unspecified atom stereocenters. The summed E-state index contributed by atoms with van der Waals surface area (Å²) in [6, 6.07) is 3.02. The van der Waals surface area contributed by atoms with Crippen molar-refractivity contribution in [3.8, 4) is 6.07 Å². The van der Waals surface area contributed by atoms with Crippen LogP contribution in [-0.2, 0) is 0 Å². The highest BCUT2D eigenvalue weighted by Gasteiger charge is 2.22. The first kappa shape index (κ1) is 13.9. The zero-order valence-corrected chi connectivity index (χ0v) is 10.1. The van der Waals surface area contributed by atoms with Gasteiger partial charge in [0, 0.05) is 18.8 Å². The fraction of sp³-hybridized carbons (Fsp3) is 0.455. The van der Waals surface area contributed by atoms with Crippen LogP contribution in [-0.4, -0.2) is 22.5 Å². The number of nitriles is 1. The van der Waals surface area contributed by atoms with E-state index < -0.39 is 4.92 Å². The summed E-state index contributed by atoms with van der Waals surface area (Å²) in [6.07, 6.45) is 3.06. The van der Waals surface area contributed by atoms with E-state index in [1.165, 1.54) is 12.3 Å². The minimum Gasteiger partial charge on any atom is -0.360 e. The molecule has 1 aromatic heterocycles. The van der Waals surface area contributed by atoms with Crippen LogP contribution in [0.15, 0.2) is 12.3 Å². The quantitative estimate of drug-likeness (QED) is 0.581. The Hall–Kier alpha value is -2.20. The molecule has 0 aromatic carbocycles. The van der Waals surface area contributed by atoms with Crippen molar-refractivity contribution in [2.45, 2.75) is 25.8 Å². The number of hydrogen-bond acceptors (Lipinski definition) is 6. The molecule has 1 atom stereocenters. The molecule has 0 spiro atoms. The van der Waals surface area contributed by atoms with Gasteiger partial charge in [-0.3, -0.25) is 10.1 Å². The molecule has 18 heavy (non-hydrogen) atoms. The third-order valence-corrected chi connectivity index (χ3v) is 2.49. The molecule has 1 heterocycles. The Balaban J connectivity index is 3.08. The molecule has 0 fully saturated rings. The number of aromatic nitrogens is 1. The van der Waals surface area contributed by atoms with Gasteiger partial charge in [-0.2, -0.15) is 5.26 Å². The summed E-state index contributed by atoms with van der Waals surface area (Å²) in [4.78, 5) is 14.3. The lowest BCUT2D eigenvalue weighted by atomic mass is 10.1. The number of nitrogens with two attached hydrogens (primary N) is 1. The van der Waals surface area contributed by atoms with Gasteiger partial charge in [-0.05, 0) is 12.5 Å². The number of anilines is 1. The van der Waals surface area contributed by atoms with E-state index in [-0.39, 0.29) is 23.1 Å². The number of hydrogen-bond donors (Lipinski definition) is 2. The number of nitrogens with zero attached hydrogens (tertiary/aromatic N) is 3. The Morgan fingerprint density at radius 2 is 2.44 bits per heavy atom. The van der Waals surface area contributed by atoms with Gasteiger partial charge in [-0.1, -0.05) is 13.3 Å². The normalized spacial score (nSPS) is 11.6. The van der Waals surface area contributed by atoms with Gasteiger partial charge in [0.1, 0.15) is 11.6 Å². The second-order valence-electron chi connectivity index (χ2n) is 3.79. The average Bonchev–Trinajstić information content (AvgIpc) is 2.37. The Labute approximate surface area is 105 Å². The number of nitrogens with one attached hydrogen (secondary N) is 1. The van der Waals surface area contributed by atoms with E-state index in [0.717, 1.165) is 12.8 Å². The maximum absolute atomic E-state index is 11.0. The van der Waals surface area contributed by atoms with Gasteiger partial charge in [0.05, 0.1) is 4.92 Å². The molecule has 3 N–H and O–H groups in total. The van der Waals surface area contributed by atoms with Crippen LogP contribution in [0.5, 0.6) is 0 Å². The summed E-state index contributed by atoms with van der Waals surface area (Å²) >= 11 is 0. The van der Waals surface area contributed by atoms with Crippen molar-refractivity contribution in [1.82, 2.24) is 4.98 Å². The van der Waals surface area contributed by atoms with Crippen molar-refractivity contribution >= 4 is 11.5 Å². The summed E-state index contributed by atoms with van der Waals surface area (Å²) in [7, 11) is 0. The lowest BCUT2D eigenvalue weighted by Crippen LogP contribution is -2.29. The van der Waals surface area contributed by atoms with Crippen LogP contribution < -0.4 is 11.1 Å². The zero-order valence-electron chi connectivity index (χ0n) is 10.1. The maximum atomic E-state index is 11.0. The van der Waals surface area contributed by atoms with Crippen molar-refractivity contribution in [3.05, 3.63) is 27.9 Å². The number of nitro groups is 1. The highest BCUT2D eigenvalue weighted by molar-refractivity contribution is 5.64. The van der Waals surface area contributed by atoms with E-state index in [4.69, 9.17) is 11.0 Å². The largest absolute Gasteiger partial charge is 0.360 e. The molecule has 0 saturated heterocycles. The third-order valence-electron chi connectivity index (χ3n) is 2.49. The molecule has 0 saturated carbocycles. The molecule has 0 aliphatic carbocycles. The molecule has 1 rings (SSSR count). The molecule has 0 aliphatic rings. The van der Waals surface area contributed by atoms with Crippen molar-refractivity contribution in [1.29, 1.82) is 5.26 Å². The fourth-order valence-corrected chi connectivity index (χ4v) is 1.63. The van der Waals surface area contributed by atoms with E-state index in [1.54, 1.807) is 6.07 Å². The standard InChI is InChI=1S/C11H15N5O2/c1-2-3-9(7-13)15-11-10(16(17)18)8(6-12)4-5-14-11/h4-5,9H,2-3,7,13H2,1H3,(H,14,15). The van der Waals surface area contributed by atoms with Gasteiger partial charge in [0.2, 0.25) is 5.82 Å². The Morgan fingerprint density at radius 1 is 1.72 bits per heavy atom. The first-order chi connectivity index (χ1) is 8.63. The van der Waals surface area contributed by atoms with Crippen LogP contribution in [0.4, 0.5) is 11.5 Å². The Kier molecular flexibility index (Phi) is 5.02. The summed E-state index contributed by atoms with van der Waals surface area (Å²) in [6.45, 7) is 2.35. The molecule has 0 radical (unpaired) electrons. The second-order valence-corrected chi connectivity index (χ2v) is 3.79. The summed E-state index contributed by atoms with van der Waals surface area (Å²) < 4.78 is 0.